The number of hydrogen-bond donors (Lipinski definition) is 2. The molecule has 1 amide bonds. The molecule has 1 atom stereocenters. The zero-order valence-electron chi connectivity index (χ0n) is 11.3. The maximum atomic E-state index is 11.5. The fraction of sp³-hybridized carbons (Fsp3) is 0.923. The van der Waals surface area contributed by atoms with E-state index in [0.29, 0.717) is 12.5 Å². The minimum absolute atomic E-state index is 0.108. The number of carbonyl (C=O) groups is 1. The van der Waals surface area contributed by atoms with E-state index in [9.17, 15) is 4.79 Å². The van der Waals surface area contributed by atoms with Crippen molar-refractivity contribution in [1.82, 2.24) is 10.6 Å². The van der Waals surface area contributed by atoms with Gasteiger partial charge >= 0.3 is 0 Å². The highest BCUT2D eigenvalue weighted by molar-refractivity contribution is 5.78. The molecule has 16 heavy (non-hydrogen) atoms. The Morgan fingerprint density at radius 3 is 2.38 bits per heavy atom. The second-order valence-corrected chi connectivity index (χ2v) is 4.84. The number of hydrogen-bond acceptors (Lipinski definition) is 2. The van der Waals surface area contributed by atoms with E-state index in [1.54, 1.807) is 0 Å². The van der Waals surface area contributed by atoms with Crippen LogP contribution in [0.1, 0.15) is 53.4 Å². The largest absolute Gasteiger partial charge is 0.352 e. The van der Waals surface area contributed by atoms with Gasteiger partial charge in [-0.2, -0.15) is 0 Å². The van der Waals surface area contributed by atoms with Gasteiger partial charge in [0.25, 0.3) is 0 Å². The van der Waals surface area contributed by atoms with Crippen LogP contribution < -0.4 is 10.6 Å². The molecule has 0 aliphatic heterocycles. The quantitative estimate of drug-likeness (QED) is 0.595. The lowest BCUT2D eigenvalue weighted by Gasteiger charge is -2.17. The predicted octanol–water partition coefficient (Wildman–Crippen LogP) is 2.32. The minimum atomic E-state index is 0.108. The van der Waals surface area contributed by atoms with Crippen LogP contribution in [0.4, 0.5) is 0 Å². The Morgan fingerprint density at radius 2 is 1.81 bits per heavy atom. The van der Waals surface area contributed by atoms with Crippen molar-refractivity contribution in [3.05, 3.63) is 0 Å². The van der Waals surface area contributed by atoms with Gasteiger partial charge in [-0.1, -0.05) is 40.0 Å². The molecule has 0 aromatic carbocycles. The van der Waals surface area contributed by atoms with E-state index < -0.39 is 0 Å². The molecule has 1 unspecified atom stereocenters. The summed E-state index contributed by atoms with van der Waals surface area (Å²) >= 11 is 0. The second kappa shape index (κ2) is 9.64. The highest BCUT2D eigenvalue weighted by atomic mass is 16.1. The molecule has 3 heteroatoms. The summed E-state index contributed by atoms with van der Waals surface area (Å²) in [5, 5.41) is 6.16. The van der Waals surface area contributed by atoms with Gasteiger partial charge in [0.15, 0.2) is 0 Å². The van der Waals surface area contributed by atoms with Gasteiger partial charge in [0.1, 0.15) is 0 Å². The van der Waals surface area contributed by atoms with Gasteiger partial charge in [-0.05, 0) is 25.8 Å². The maximum absolute atomic E-state index is 11.5. The van der Waals surface area contributed by atoms with Crippen molar-refractivity contribution in [1.29, 1.82) is 0 Å². The number of nitrogens with one attached hydrogen (secondary N) is 2. The Labute approximate surface area is 100 Å². The first kappa shape index (κ1) is 15.4. The molecule has 0 radical (unpaired) electrons. The lowest BCUT2D eigenvalue weighted by atomic mass is 10.1. The van der Waals surface area contributed by atoms with Crippen LogP contribution in [-0.2, 0) is 4.79 Å². The van der Waals surface area contributed by atoms with E-state index in [0.717, 1.165) is 6.54 Å². The third-order valence-electron chi connectivity index (χ3n) is 2.88. The first-order valence-electron chi connectivity index (χ1n) is 6.58. The Bertz CT molecular complexity index is 181. The van der Waals surface area contributed by atoms with Crippen LogP contribution in [0.3, 0.4) is 0 Å². The van der Waals surface area contributed by atoms with Crippen LogP contribution in [0.25, 0.3) is 0 Å². The Balaban J connectivity index is 3.37. The van der Waals surface area contributed by atoms with Crippen molar-refractivity contribution in [2.75, 3.05) is 13.1 Å². The van der Waals surface area contributed by atoms with Crippen LogP contribution in [0.2, 0.25) is 0 Å². The summed E-state index contributed by atoms with van der Waals surface area (Å²) in [4.78, 5) is 11.5. The molecule has 0 heterocycles. The SMILES string of the molecule is CCCCCCNCC(=O)NC(C)C(C)C. The van der Waals surface area contributed by atoms with Gasteiger partial charge in [0.2, 0.25) is 5.91 Å². The van der Waals surface area contributed by atoms with Crippen molar-refractivity contribution in [2.24, 2.45) is 5.92 Å². The summed E-state index contributed by atoms with van der Waals surface area (Å²) in [5.74, 6) is 0.602. The van der Waals surface area contributed by atoms with E-state index >= 15 is 0 Å². The highest BCUT2D eigenvalue weighted by Gasteiger charge is 2.09. The third-order valence-corrected chi connectivity index (χ3v) is 2.88. The highest BCUT2D eigenvalue weighted by Crippen LogP contribution is 1.99. The van der Waals surface area contributed by atoms with Gasteiger partial charge in [-0.3, -0.25) is 4.79 Å². The van der Waals surface area contributed by atoms with Crippen molar-refractivity contribution in [3.63, 3.8) is 0 Å². The molecule has 0 aromatic rings. The number of rotatable bonds is 9. The summed E-state index contributed by atoms with van der Waals surface area (Å²) in [5.41, 5.74) is 0. The zero-order chi connectivity index (χ0) is 12.4. The van der Waals surface area contributed by atoms with E-state index in [1.165, 1.54) is 25.7 Å². The predicted molar refractivity (Wildman–Crippen MR) is 69.5 cm³/mol. The number of unbranched alkanes of at least 4 members (excludes halogenated alkanes) is 3. The monoisotopic (exact) mass is 228 g/mol. The minimum Gasteiger partial charge on any atom is -0.352 e. The van der Waals surface area contributed by atoms with Crippen LogP contribution in [0, 0.1) is 5.92 Å². The van der Waals surface area contributed by atoms with Crippen LogP contribution in [0.5, 0.6) is 0 Å². The van der Waals surface area contributed by atoms with E-state index in [-0.39, 0.29) is 11.9 Å². The molecular formula is C13H28N2O. The van der Waals surface area contributed by atoms with Crippen LogP contribution in [-0.4, -0.2) is 25.0 Å². The summed E-state index contributed by atoms with van der Waals surface area (Å²) < 4.78 is 0. The van der Waals surface area contributed by atoms with E-state index in [4.69, 9.17) is 0 Å². The van der Waals surface area contributed by atoms with E-state index in [2.05, 4.69) is 31.4 Å². The molecule has 0 aliphatic rings. The molecule has 0 saturated heterocycles. The Hall–Kier alpha value is -0.570. The molecule has 0 spiro atoms. The van der Waals surface area contributed by atoms with Crippen LogP contribution in [0.15, 0.2) is 0 Å². The van der Waals surface area contributed by atoms with Gasteiger partial charge in [-0.25, -0.2) is 0 Å². The summed E-state index contributed by atoms with van der Waals surface area (Å²) in [7, 11) is 0. The van der Waals surface area contributed by atoms with Crippen molar-refractivity contribution in [3.8, 4) is 0 Å². The first-order chi connectivity index (χ1) is 7.57. The first-order valence-corrected chi connectivity index (χ1v) is 6.58. The van der Waals surface area contributed by atoms with Gasteiger partial charge in [-0.15, -0.1) is 0 Å². The average Bonchev–Trinajstić information content (AvgIpc) is 2.23. The van der Waals surface area contributed by atoms with Gasteiger partial charge in [0, 0.05) is 6.04 Å². The summed E-state index contributed by atoms with van der Waals surface area (Å²) in [6.45, 7) is 9.87. The molecule has 0 aliphatic carbocycles. The fourth-order valence-electron chi connectivity index (χ4n) is 1.35. The second-order valence-electron chi connectivity index (χ2n) is 4.84. The molecule has 2 N–H and O–H groups in total. The van der Waals surface area contributed by atoms with Crippen molar-refractivity contribution < 1.29 is 4.79 Å². The fourth-order valence-corrected chi connectivity index (χ4v) is 1.35. The lowest BCUT2D eigenvalue weighted by molar-refractivity contribution is -0.121. The van der Waals surface area contributed by atoms with Gasteiger partial charge < -0.3 is 10.6 Å². The van der Waals surface area contributed by atoms with Crippen LogP contribution >= 0.6 is 0 Å². The molecule has 3 nitrogen and oxygen atoms in total. The Morgan fingerprint density at radius 1 is 1.12 bits per heavy atom. The van der Waals surface area contributed by atoms with Crippen molar-refractivity contribution >= 4 is 5.91 Å². The third kappa shape index (κ3) is 8.72. The van der Waals surface area contributed by atoms with Crippen molar-refractivity contribution in [2.45, 2.75) is 59.4 Å². The standard InChI is InChI=1S/C13H28N2O/c1-5-6-7-8-9-14-10-13(16)15-12(4)11(2)3/h11-12,14H,5-10H2,1-4H3,(H,15,16). The lowest BCUT2D eigenvalue weighted by Crippen LogP contribution is -2.41. The zero-order valence-corrected chi connectivity index (χ0v) is 11.3. The normalized spacial score (nSPS) is 12.8. The maximum Gasteiger partial charge on any atom is 0.234 e. The van der Waals surface area contributed by atoms with E-state index in [1.807, 2.05) is 6.92 Å². The molecule has 0 fully saturated rings. The summed E-state index contributed by atoms with van der Waals surface area (Å²) in [6.07, 6.45) is 4.97. The molecule has 0 rings (SSSR count). The topological polar surface area (TPSA) is 41.1 Å². The molecule has 0 aromatic heterocycles. The molecule has 0 saturated carbocycles. The number of carbonyl (C=O) groups excluding carboxylic acids is 1. The summed E-state index contributed by atoms with van der Waals surface area (Å²) in [6, 6.07) is 0.259. The average molecular weight is 228 g/mol. The molecular weight excluding hydrogens is 200 g/mol. The Kier molecular flexibility index (Phi) is 9.30. The smallest absolute Gasteiger partial charge is 0.234 e. The molecule has 0 bridgehead atoms. The molecule has 96 valence electrons. The van der Waals surface area contributed by atoms with Gasteiger partial charge in [0.05, 0.1) is 6.54 Å². The number of amides is 1.